The third kappa shape index (κ3) is 2.92. The lowest BCUT2D eigenvalue weighted by atomic mass is 10.0. The molecule has 2 aromatic rings. The highest BCUT2D eigenvalue weighted by Gasteiger charge is 2.07. The maximum atomic E-state index is 9.80. The van der Waals surface area contributed by atoms with Crippen LogP contribution in [-0.4, -0.2) is 5.11 Å². The van der Waals surface area contributed by atoms with Crippen molar-refractivity contribution in [3.05, 3.63) is 77.6 Å². The van der Waals surface area contributed by atoms with Gasteiger partial charge in [0.05, 0.1) is 0 Å². The van der Waals surface area contributed by atoms with Gasteiger partial charge in [0, 0.05) is 16.8 Å². The highest BCUT2D eigenvalue weighted by Crippen LogP contribution is 2.25. The number of rotatable bonds is 3. The van der Waals surface area contributed by atoms with Crippen molar-refractivity contribution in [3.63, 3.8) is 0 Å². The Morgan fingerprint density at radius 2 is 1.45 bits per heavy atom. The van der Waals surface area contributed by atoms with Gasteiger partial charge in [0.1, 0.15) is 11.6 Å². The zero-order valence-corrected chi connectivity index (χ0v) is 11.0. The number of hydrogen-bond donors (Lipinski definition) is 4. The van der Waals surface area contributed by atoms with Crippen LogP contribution in [-0.2, 0) is 0 Å². The van der Waals surface area contributed by atoms with Crippen molar-refractivity contribution in [2.45, 2.75) is 0 Å². The summed E-state index contributed by atoms with van der Waals surface area (Å²) in [5.74, 6) is 0.291. The predicted octanol–water partition coefficient (Wildman–Crippen LogP) is 1.98. The molecule has 2 rings (SSSR count). The summed E-state index contributed by atoms with van der Waals surface area (Å²) in [6.45, 7) is 0. The van der Waals surface area contributed by atoms with E-state index in [1.807, 2.05) is 30.3 Å². The lowest BCUT2D eigenvalue weighted by molar-refractivity contribution is 0.473. The largest absolute Gasteiger partial charge is 0.507 e. The Morgan fingerprint density at radius 3 is 2.05 bits per heavy atom. The minimum absolute atomic E-state index is 0.115. The van der Waals surface area contributed by atoms with E-state index in [1.54, 1.807) is 30.3 Å². The van der Waals surface area contributed by atoms with Gasteiger partial charge in [-0.1, -0.05) is 42.5 Å². The second-order valence-electron chi connectivity index (χ2n) is 4.35. The number of phenolic OH excluding ortho intramolecular Hbond substituents is 1. The van der Waals surface area contributed by atoms with Crippen molar-refractivity contribution < 1.29 is 5.11 Å². The molecule has 0 aliphatic carbocycles. The highest BCUT2D eigenvalue weighted by atomic mass is 16.3. The number of hydrogen-bond acceptors (Lipinski definition) is 4. The molecule has 0 fully saturated rings. The van der Waals surface area contributed by atoms with Crippen molar-refractivity contribution in [2.24, 2.45) is 17.2 Å². The fourth-order valence-corrected chi connectivity index (χ4v) is 1.90. The first-order chi connectivity index (χ1) is 9.59. The lowest BCUT2D eigenvalue weighted by Gasteiger charge is -2.09. The molecule has 7 N–H and O–H groups in total. The normalized spacial score (nSPS) is 11.1. The molecular formula is C16H17N3O. The van der Waals surface area contributed by atoms with Crippen molar-refractivity contribution >= 4 is 11.3 Å². The first kappa shape index (κ1) is 13.5. The van der Waals surface area contributed by atoms with Crippen molar-refractivity contribution in [3.8, 4) is 5.75 Å². The van der Waals surface area contributed by atoms with Crippen LogP contribution in [0.1, 0.15) is 11.1 Å². The van der Waals surface area contributed by atoms with Gasteiger partial charge in [-0.05, 0) is 23.8 Å². The fourth-order valence-electron chi connectivity index (χ4n) is 1.90. The van der Waals surface area contributed by atoms with Crippen LogP contribution in [0.3, 0.4) is 0 Å². The van der Waals surface area contributed by atoms with Crippen LogP contribution in [0.15, 0.2) is 66.5 Å². The Hall–Kier alpha value is -2.88. The van der Waals surface area contributed by atoms with E-state index in [1.165, 1.54) is 0 Å². The summed E-state index contributed by atoms with van der Waals surface area (Å²) in [5, 5.41) is 9.80. The van der Waals surface area contributed by atoms with Crippen LogP contribution in [0, 0.1) is 0 Å². The summed E-state index contributed by atoms with van der Waals surface area (Å²) in [6, 6.07) is 16.3. The SMILES string of the molecule is NC(N)=C(/C=C(\N)c1ccccc1O)c1ccccc1. The van der Waals surface area contributed by atoms with E-state index < -0.39 is 0 Å². The topological polar surface area (TPSA) is 98.3 Å². The Kier molecular flexibility index (Phi) is 3.96. The second-order valence-corrected chi connectivity index (χ2v) is 4.35. The van der Waals surface area contributed by atoms with Crippen LogP contribution < -0.4 is 17.2 Å². The average Bonchev–Trinajstić information content (AvgIpc) is 2.45. The monoisotopic (exact) mass is 267 g/mol. The van der Waals surface area contributed by atoms with E-state index >= 15 is 0 Å². The number of benzene rings is 2. The third-order valence-corrected chi connectivity index (χ3v) is 2.91. The molecule has 0 heterocycles. The number of aromatic hydroxyl groups is 1. The van der Waals surface area contributed by atoms with E-state index in [4.69, 9.17) is 17.2 Å². The molecule has 0 spiro atoms. The standard InChI is InChI=1S/C16H17N3O/c17-14(12-8-4-5-9-15(12)20)10-13(16(18)19)11-6-2-1-3-7-11/h1-10,20H,17-19H2/b14-10-. The molecule has 0 aliphatic heterocycles. The molecule has 0 unspecified atom stereocenters. The van der Waals surface area contributed by atoms with E-state index in [0.717, 1.165) is 5.56 Å². The number of para-hydroxylation sites is 1. The Balaban J connectivity index is 2.46. The molecule has 0 amide bonds. The van der Waals surface area contributed by atoms with Gasteiger partial charge in [-0.25, -0.2) is 0 Å². The highest BCUT2D eigenvalue weighted by molar-refractivity contribution is 5.85. The average molecular weight is 267 g/mol. The van der Waals surface area contributed by atoms with Gasteiger partial charge in [0.2, 0.25) is 0 Å². The second kappa shape index (κ2) is 5.84. The van der Waals surface area contributed by atoms with E-state index in [2.05, 4.69) is 0 Å². The number of nitrogens with two attached hydrogens (primary N) is 3. The minimum atomic E-state index is 0.115. The first-order valence-electron chi connectivity index (χ1n) is 6.16. The van der Waals surface area contributed by atoms with E-state index in [-0.39, 0.29) is 11.6 Å². The Labute approximate surface area is 117 Å². The van der Waals surface area contributed by atoms with Crippen LogP contribution in [0.2, 0.25) is 0 Å². The van der Waals surface area contributed by atoms with Crippen LogP contribution in [0.5, 0.6) is 5.75 Å². The van der Waals surface area contributed by atoms with E-state index in [9.17, 15) is 5.11 Å². The quantitative estimate of drug-likeness (QED) is 0.639. The van der Waals surface area contributed by atoms with Gasteiger partial charge in [-0.15, -0.1) is 0 Å². The van der Waals surface area contributed by atoms with Crippen molar-refractivity contribution in [1.29, 1.82) is 0 Å². The lowest BCUT2D eigenvalue weighted by Crippen LogP contribution is -2.11. The smallest absolute Gasteiger partial charge is 0.124 e. The molecule has 0 atom stereocenters. The van der Waals surface area contributed by atoms with Crippen molar-refractivity contribution in [2.75, 3.05) is 0 Å². The van der Waals surface area contributed by atoms with Gasteiger partial charge in [-0.3, -0.25) is 0 Å². The molecule has 0 aliphatic rings. The molecule has 20 heavy (non-hydrogen) atoms. The summed E-state index contributed by atoms with van der Waals surface area (Å²) in [4.78, 5) is 0. The molecule has 0 saturated heterocycles. The zero-order valence-electron chi connectivity index (χ0n) is 11.0. The summed E-state index contributed by atoms with van der Waals surface area (Å²) in [7, 11) is 0. The van der Waals surface area contributed by atoms with Crippen molar-refractivity contribution in [1.82, 2.24) is 0 Å². The molecule has 0 aromatic heterocycles. The predicted molar refractivity (Wildman–Crippen MR) is 82.0 cm³/mol. The van der Waals surface area contributed by atoms with Crippen LogP contribution in [0.25, 0.3) is 11.3 Å². The first-order valence-corrected chi connectivity index (χ1v) is 6.16. The maximum absolute atomic E-state index is 9.80. The van der Waals surface area contributed by atoms with Gasteiger partial charge in [-0.2, -0.15) is 0 Å². The third-order valence-electron chi connectivity index (χ3n) is 2.91. The molecule has 2 aromatic carbocycles. The summed E-state index contributed by atoms with van der Waals surface area (Å²) in [5.41, 5.74) is 19.9. The Morgan fingerprint density at radius 1 is 0.850 bits per heavy atom. The van der Waals surface area contributed by atoms with E-state index in [0.29, 0.717) is 16.8 Å². The number of phenols is 1. The maximum Gasteiger partial charge on any atom is 0.124 e. The van der Waals surface area contributed by atoms with Gasteiger partial charge >= 0.3 is 0 Å². The fraction of sp³-hybridized carbons (Fsp3) is 0. The molecule has 4 heteroatoms. The molecule has 0 bridgehead atoms. The number of allylic oxidation sites excluding steroid dienone is 2. The van der Waals surface area contributed by atoms with Crippen LogP contribution in [0.4, 0.5) is 0 Å². The summed E-state index contributed by atoms with van der Waals surface area (Å²) in [6.07, 6.45) is 1.67. The van der Waals surface area contributed by atoms with Gasteiger partial charge < -0.3 is 22.3 Å². The summed E-state index contributed by atoms with van der Waals surface area (Å²) >= 11 is 0. The molecule has 102 valence electrons. The van der Waals surface area contributed by atoms with Gasteiger partial charge in [0.15, 0.2) is 0 Å². The molecule has 0 saturated carbocycles. The minimum Gasteiger partial charge on any atom is -0.507 e. The molecule has 4 nitrogen and oxygen atoms in total. The van der Waals surface area contributed by atoms with Crippen LogP contribution >= 0.6 is 0 Å². The van der Waals surface area contributed by atoms with Gasteiger partial charge in [0.25, 0.3) is 0 Å². The Bertz CT molecular complexity index is 656. The summed E-state index contributed by atoms with van der Waals surface area (Å²) < 4.78 is 0. The zero-order chi connectivity index (χ0) is 14.5. The molecule has 0 radical (unpaired) electrons. The molecular weight excluding hydrogens is 250 g/mol.